The van der Waals surface area contributed by atoms with Crippen molar-refractivity contribution in [2.24, 2.45) is 0 Å². The molecule has 1 fully saturated rings. The Bertz CT molecular complexity index is 692. The highest BCUT2D eigenvalue weighted by Gasteiger charge is 2.32. The molecule has 2 aromatic heterocycles. The second-order valence-corrected chi connectivity index (χ2v) is 6.20. The second kappa shape index (κ2) is 7.04. The number of aryl methyl sites for hydroxylation is 1. The van der Waals surface area contributed by atoms with Gasteiger partial charge in [-0.25, -0.2) is 14.6 Å². The number of carbonyl (C=O) groups is 1. The minimum atomic E-state index is -0.405. The minimum Gasteiger partial charge on any atom is -0.367 e. The molecule has 0 aromatic carbocycles. The maximum atomic E-state index is 11.9. The van der Waals surface area contributed by atoms with Crippen molar-refractivity contribution in [1.29, 1.82) is 0 Å². The largest absolute Gasteiger partial charge is 0.367 e. The van der Waals surface area contributed by atoms with Gasteiger partial charge in [0.05, 0.1) is 6.42 Å². The van der Waals surface area contributed by atoms with Crippen molar-refractivity contribution in [3.8, 4) is 0 Å². The summed E-state index contributed by atoms with van der Waals surface area (Å²) in [6.07, 6.45) is 6.73. The van der Waals surface area contributed by atoms with Crippen molar-refractivity contribution < 1.29 is 14.2 Å². The molecular formula is C16H21N5O3. The van der Waals surface area contributed by atoms with Gasteiger partial charge in [-0.15, -0.1) is 0 Å². The lowest BCUT2D eigenvalue weighted by molar-refractivity contribution is -0.120. The Morgan fingerprint density at radius 1 is 1.29 bits per heavy atom. The number of nitrogens with one attached hydrogen (secondary N) is 1. The van der Waals surface area contributed by atoms with E-state index in [9.17, 15) is 4.79 Å². The molecule has 8 heteroatoms. The molecule has 1 atom stereocenters. The lowest BCUT2D eigenvalue weighted by Gasteiger charge is -2.32. The van der Waals surface area contributed by atoms with Gasteiger partial charge in [0.1, 0.15) is 17.0 Å². The van der Waals surface area contributed by atoms with Gasteiger partial charge >= 0.3 is 0 Å². The molecule has 2 aromatic rings. The first-order valence-electron chi connectivity index (χ1n) is 8.07. The van der Waals surface area contributed by atoms with Crippen molar-refractivity contribution in [3.05, 3.63) is 35.2 Å². The van der Waals surface area contributed by atoms with Gasteiger partial charge in [0.25, 0.3) is 0 Å². The fourth-order valence-corrected chi connectivity index (χ4v) is 2.65. The van der Waals surface area contributed by atoms with Gasteiger partial charge in [0, 0.05) is 31.1 Å². The predicted octanol–water partition coefficient (Wildman–Crippen LogP) is 1.44. The molecule has 0 aliphatic carbocycles. The van der Waals surface area contributed by atoms with Crippen LogP contribution in [0.25, 0.3) is 0 Å². The molecule has 1 saturated heterocycles. The molecular weight excluding hydrogens is 310 g/mol. The summed E-state index contributed by atoms with van der Waals surface area (Å²) in [4.78, 5) is 20.8. The molecule has 0 saturated carbocycles. The standard InChI is InChI=1S/C16H21N5O3/c1-11-13(21-24-20-11)7-14(22)17-8-12-9-18-15(19-10-12)16(2)5-3-4-6-23-16/h9-10H,3-8H2,1-2H3,(H,17,22)/t16-/m0/s1. The van der Waals surface area contributed by atoms with E-state index in [1.807, 2.05) is 6.92 Å². The third kappa shape index (κ3) is 3.76. The molecule has 1 N–H and O–H groups in total. The molecule has 1 aliphatic rings. The molecule has 1 amide bonds. The normalized spacial score (nSPS) is 20.8. The van der Waals surface area contributed by atoms with E-state index in [0.717, 1.165) is 31.4 Å². The first kappa shape index (κ1) is 16.5. The van der Waals surface area contributed by atoms with E-state index in [1.54, 1.807) is 19.3 Å². The van der Waals surface area contributed by atoms with Gasteiger partial charge in [0.2, 0.25) is 5.91 Å². The molecule has 3 heterocycles. The summed E-state index contributed by atoms with van der Waals surface area (Å²) in [5.74, 6) is 0.544. The topological polar surface area (TPSA) is 103 Å². The number of carbonyl (C=O) groups excluding carboxylic acids is 1. The Morgan fingerprint density at radius 2 is 2.08 bits per heavy atom. The van der Waals surface area contributed by atoms with Crippen LogP contribution < -0.4 is 5.32 Å². The lowest BCUT2D eigenvalue weighted by Crippen LogP contribution is -2.32. The molecule has 0 radical (unpaired) electrons. The zero-order valence-corrected chi connectivity index (χ0v) is 13.9. The summed E-state index contributed by atoms with van der Waals surface area (Å²) < 4.78 is 10.4. The summed E-state index contributed by atoms with van der Waals surface area (Å²) in [6.45, 7) is 4.88. The van der Waals surface area contributed by atoms with E-state index in [-0.39, 0.29) is 12.3 Å². The molecule has 0 unspecified atom stereocenters. The van der Waals surface area contributed by atoms with Crippen molar-refractivity contribution in [2.45, 2.75) is 51.7 Å². The maximum absolute atomic E-state index is 11.9. The van der Waals surface area contributed by atoms with Crippen LogP contribution in [0.2, 0.25) is 0 Å². The summed E-state index contributed by atoms with van der Waals surface area (Å²) in [7, 11) is 0. The zero-order valence-electron chi connectivity index (χ0n) is 13.9. The van der Waals surface area contributed by atoms with Crippen LogP contribution in [0.5, 0.6) is 0 Å². The summed E-state index contributed by atoms with van der Waals surface area (Å²) in [6, 6.07) is 0. The molecule has 128 valence electrons. The smallest absolute Gasteiger partial charge is 0.226 e. The van der Waals surface area contributed by atoms with Crippen molar-refractivity contribution in [3.63, 3.8) is 0 Å². The Labute approximate surface area is 140 Å². The maximum Gasteiger partial charge on any atom is 0.226 e. The number of hydrogen-bond donors (Lipinski definition) is 1. The van der Waals surface area contributed by atoms with E-state index >= 15 is 0 Å². The van der Waals surface area contributed by atoms with Gasteiger partial charge in [-0.05, 0) is 33.1 Å². The summed E-state index contributed by atoms with van der Waals surface area (Å²) in [5, 5.41) is 10.2. The van der Waals surface area contributed by atoms with Crippen LogP contribution >= 0.6 is 0 Å². The van der Waals surface area contributed by atoms with E-state index in [2.05, 4.69) is 30.2 Å². The fourth-order valence-electron chi connectivity index (χ4n) is 2.65. The zero-order chi connectivity index (χ0) is 17.0. The first-order valence-corrected chi connectivity index (χ1v) is 8.07. The first-order chi connectivity index (χ1) is 11.6. The van der Waals surface area contributed by atoms with Crippen LogP contribution in [0.4, 0.5) is 0 Å². The van der Waals surface area contributed by atoms with Gasteiger partial charge in [-0.2, -0.15) is 0 Å². The average Bonchev–Trinajstić information content (AvgIpc) is 2.99. The lowest BCUT2D eigenvalue weighted by atomic mass is 9.95. The number of aromatic nitrogens is 4. The fraction of sp³-hybridized carbons (Fsp3) is 0.562. The molecule has 24 heavy (non-hydrogen) atoms. The predicted molar refractivity (Wildman–Crippen MR) is 83.8 cm³/mol. The molecule has 0 spiro atoms. The third-order valence-corrected chi connectivity index (χ3v) is 4.21. The van der Waals surface area contributed by atoms with Crippen LogP contribution in [0.1, 0.15) is 49.0 Å². The van der Waals surface area contributed by atoms with Crippen molar-refractivity contribution >= 4 is 5.91 Å². The van der Waals surface area contributed by atoms with Gasteiger partial charge in [0.15, 0.2) is 5.82 Å². The number of ether oxygens (including phenoxy) is 1. The van der Waals surface area contributed by atoms with Gasteiger partial charge in [-0.3, -0.25) is 4.79 Å². The van der Waals surface area contributed by atoms with E-state index in [1.165, 1.54) is 0 Å². The highest BCUT2D eigenvalue weighted by molar-refractivity contribution is 5.78. The number of hydrogen-bond acceptors (Lipinski definition) is 7. The van der Waals surface area contributed by atoms with E-state index < -0.39 is 5.60 Å². The Morgan fingerprint density at radius 3 is 2.71 bits per heavy atom. The molecule has 3 rings (SSSR count). The Kier molecular flexibility index (Phi) is 4.84. The van der Waals surface area contributed by atoms with Crippen LogP contribution in [-0.2, 0) is 28.1 Å². The number of rotatable bonds is 5. The van der Waals surface area contributed by atoms with Crippen LogP contribution in [-0.4, -0.2) is 32.8 Å². The molecule has 1 aliphatic heterocycles. The van der Waals surface area contributed by atoms with Crippen molar-refractivity contribution in [1.82, 2.24) is 25.6 Å². The molecule has 8 nitrogen and oxygen atoms in total. The van der Waals surface area contributed by atoms with E-state index in [0.29, 0.717) is 23.8 Å². The Balaban J connectivity index is 1.54. The van der Waals surface area contributed by atoms with Gasteiger partial charge in [-0.1, -0.05) is 10.3 Å². The highest BCUT2D eigenvalue weighted by atomic mass is 16.6. The van der Waals surface area contributed by atoms with Crippen LogP contribution in [0, 0.1) is 6.92 Å². The monoisotopic (exact) mass is 331 g/mol. The third-order valence-electron chi connectivity index (χ3n) is 4.21. The second-order valence-electron chi connectivity index (χ2n) is 6.20. The quantitative estimate of drug-likeness (QED) is 0.884. The Hall–Kier alpha value is -2.35. The number of amides is 1. The minimum absolute atomic E-state index is 0.139. The number of nitrogens with zero attached hydrogens (tertiary/aromatic N) is 4. The van der Waals surface area contributed by atoms with E-state index in [4.69, 9.17) is 4.74 Å². The summed E-state index contributed by atoms with van der Waals surface area (Å²) >= 11 is 0. The summed E-state index contributed by atoms with van der Waals surface area (Å²) in [5.41, 5.74) is 1.60. The average molecular weight is 331 g/mol. The van der Waals surface area contributed by atoms with Crippen LogP contribution in [0.15, 0.2) is 17.0 Å². The van der Waals surface area contributed by atoms with Crippen molar-refractivity contribution in [2.75, 3.05) is 6.61 Å². The highest BCUT2D eigenvalue weighted by Crippen LogP contribution is 2.32. The SMILES string of the molecule is Cc1nonc1CC(=O)NCc1cnc([C@]2(C)CCCCO2)nc1. The van der Waals surface area contributed by atoms with Crippen LogP contribution in [0.3, 0.4) is 0 Å². The van der Waals surface area contributed by atoms with Gasteiger partial charge < -0.3 is 10.1 Å². The molecule has 0 bridgehead atoms.